The molecule has 0 unspecified atom stereocenters. The standard InChI is InChI=1S/C25H28ClN5O4/c1-14-6-7-18-19(30(14)25(34)35-2)8-9-20-23(18)29-22(11-16-12-27-13-21(26)28-16)31(20)17-5-3-4-15(10-17)24(32)33/h8-9,12-15,17H,3-7,10-11H2,1-2H3,(H,32,33)/t14-,15+,17+/m0/s1. The van der Waals surface area contributed by atoms with Crippen molar-refractivity contribution in [1.82, 2.24) is 19.5 Å². The number of methoxy groups -OCH3 is 1. The summed E-state index contributed by atoms with van der Waals surface area (Å²) >= 11 is 6.08. The normalized spacial score (nSPS) is 22.1. The summed E-state index contributed by atoms with van der Waals surface area (Å²) in [5.74, 6) is -0.330. The first-order chi connectivity index (χ1) is 16.9. The lowest BCUT2D eigenvalue weighted by Crippen LogP contribution is -2.42. The maximum absolute atomic E-state index is 12.6. The number of imidazole rings is 1. The van der Waals surface area contributed by atoms with Crippen molar-refractivity contribution in [2.75, 3.05) is 12.0 Å². The molecule has 1 aliphatic carbocycles. The van der Waals surface area contributed by atoms with Gasteiger partial charge < -0.3 is 14.4 Å². The molecule has 3 atom stereocenters. The molecule has 2 aromatic heterocycles. The number of nitrogens with zero attached hydrogens (tertiary/aromatic N) is 5. The zero-order valence-electron chi connectivity index (χ0n) is 19.8. The molecule has 3 heterocycles. The number of aromatic nitrogens is 4. The van der Waals surface area contributed by atoms with Crippen molar-refractivity contribution in [3.05, 3.63) is 46.8 Å². The van der Waals surface area contributed by atoms with Crippen molar-refractivity contribution in [3.8, 4) is 0 Å². The number of carbonyl (C=O) groups is 2. The van der Waals surface area contributed by atoms with E-state index in [1.54, 1.807) is 11.1 Å². The molecule has 184 valence electrons. The second-order valence-corrected chi connectivity index (χ2v) is 9.81. The Balaban J connectivity index is 1.66. The Morgan fingerprint density at radius 1 is 1.20 bits per heavy atom. The van der Waals surface area contributed by atoms with Gasteiger partial charge in [-0.2, -0.15) is 0 Å². The third kappa shape index (κ3) is 4.33. The highest BCUT2D eigenvalue weighted by atomic mass is 35.5. The second kappa shape index (κ2) is 9.45. The molecular formula is C25H28ClN5O4. The summed E-state index contributed by atoms with van der Waals surface area (Å²) in [5.41, 5.74) is 4.30. The van der Waals surface area contributed by atoms with Gasteiger partial charge in [0.05, 0.1) is 41.6 Å². The quantitative estimate of drug-likeness (QED) is 0.551. The van der Waals surface area contributed by atoms with E-state index in [4.69, 9.17) is 21.3 Å². The van der Waals surface area contributed by atoms with Crippen LogP contribution in [0.2, 0.25) is 5.15 Å². The third-order valence-corrected chi connectivity index (χ3v) is 7.44. The van der Waals surface area contributed by atoms with Gasteiger partial charge in [0.1, 0.15) is 11.0 Å². The van der Waals surface area contributed by atoms with Crippen LogP contribution in [-0.4, -0.2) is 49.8 Å². The van der Waals surface area contributed by atoms with Crippen LogP contribution in [0.15, 0.2) is 24.5 Å². The molecule has 9 nitrogen and oxygen atoms in total. The minimum Gasteiger partial charge on any atom is -0.481 e. The number of ether oxygens (including phenoxy) is 1. The number of carboxylic acids is 1. The molecule has 5 rings (SSSR count). The first-order valence-corrected chi connectivity index (χ1v) is 12.3. The van der Waals surface area contributed by atoms with Gasteiger partial charge in [0.25, 0.3) is 0 Å². The Bertz CT molecular complexity index is 1290. The average molecular weight is 498 g/mol. The van der Waals surface area contributed by atoms with Crippen LogP contribution in [0, 0.1) is 5.92 Å². The van der Waals surface area contributed by atoms with Gasteiger partial charge in [-0.25, -0.2) is 14.8 Å². The maximum atomic E-state index is 12.6. The van der Waals surface area contributed by atoms with Crippen LogP contribution in [0.3, 0.4) is 0 Å². The highest BCUT2D eigenvalue weighted by Gasteiger charge is 2.34. The Labute approximate surface area is 208 Å². The molecule has 1 aromatic carbocycles. The van der Waals surface area contributed by atoms with Crippen molar-refractivity contribution < 1.29 is 19.4 Å². The minimum atomic E-state index is -0.749. The van der Waals surface area contributed by atoms with Crippen molar-refractivity contribution >= 4 is 40.4 Å². The molecule has 1 fully saturated rings. The van der Waals surface area contributed by atoms with Gasteiger partial charge >= 0.3 is 12.1 Å². The van der Waals surface area contributed by atoms with Gasteiger partial charge in [0.2, 0.25) is 0 Å². The van der Waals surface area contributed by atoms with Crippen LogP contribution >= 0.6 is 11.6 Å². The molecule has 1 N–H and O–H groups in total. The monoisotopic (exact) mass is 497 g/mol. The van der Waals surface area contributed by atoms with Crippen LogP contribution in [0.25, 0.3) is 11.0 Å². The van der Waals surface area contributed by atoms with E-state index in [0.29, 0.717) is 30.1 Å². The van der Waals surface area contributed by atoms with Gasteiger partial charge in [-0.1, -0.05) is 18.0 Å². The van der Waals surface area contributed by atoms with Crippen molar-refractivity contribution in [2.45, 2.75) is 64.0 Å². The SMILES string of the molecule is COC(=O)N1c2ccc3c(nc(Cc4cncc(Cl)n4)n3[C@@H]3CCC[C@@H](C(=O)O)C3)c2CC[C@@H]1C. The lowest BCUT2D eigenvalue weighted by Gasteiger charge is -2.34. The number of fused-ring (bicyclic) bond motifs is 3. The van der Waals surface area contributed by atoms with Crippen molar-refractivity contribution in [2.24, 2.45) is 5.92 Å². The van der Waals surface area contributed by atoms with E-state index in [1.165, 1.54) is 13.3 Å². The number of carbonyl (C=O) groups excluding carboxylic acids is 1. The van der Waals surface area contributed by atoms with Gasteiger partial charge in [-0.3, -0.25) is 14.7 Å². The zero-order valence-corrected chi connectivity index (χ0v) is 20.5. The molecule has 0 bridgehead atoms. The predicted octanol–water partition coefficient (Wildman–Crippen LogP) is 4.79. The summed E-state index contributed by atoms with van der Waals surface area (Å²) in [6.45, 7) is 2.01. The molecular weight excluding hydrogens is 470 g/mol. The van der Waals surface area contributed by atoms with E-state index in [2.05, 4.69) is 14.5 Å². The van der Waals surface area contributed by atoms with E-state index < -0.39 is 5.97 Å². The Hall–Kier alpha value is -3.20. The van der Waals surface area contributed by atoms with Gasteiger partial charge in [-0.05, 0) is 51.2 Å². The van der Waals surface area contributed by atoms with Gasteiger partial charge in [0, 0.05) is 30.3 Å². The molecule has 2 aliphatic rings. The molecule has 3 aromatic rings. The van der Waals surface area contributed by atoms with E-state index in [9.17, 15) is 14.7 Å². The van der Waals surface area contributed by atoms with E-state index in [1.807, 2.05) is 19.1 Å². The summed E-state index contributed by atoms with van der Waals surface area (Å²) in [6.07, 6.45) is 7.75. The number of benzene rings is 1. The number of halogens is 1. The van der Waals surface area contributed by atoms with Gasteiger partial charge in [-0.15, -0.1) is 0 Å². The molecule has 0 spiro atoms. The summed E-state index contributed by atoms with van der Waals surface area (Å²) < 4.78 is 7.24. The summed E-state index contributed by atoms with van der Waals surface area (Å²) in [4.78, 5) is 39.7. The maximum Gasteiger partial charge on any atom is 0.414 e. The number of hydrogen-bond donors (Lipinski definition) is 1. The number of amides is 1. The van der Waals surface area contributed by atoms with Crippen LogP contribution in [-0.2, 0) is 22.4 Å². The molecule has 1 amide bonds. The minimum absolute atomic E-state index is 0.00858. The lowest BCUT2D eigenvalue weighted by atomic mass is 9.85. The Morgan fingerprint density at radius 2 is 2.03 bits per heavy atom. The largest absolute Gasteiger partial charge is 0.481 e. The number of carboxylic acid groups (broad SMARTS) is 1. The fourth-order valence-corrected chi connectivity index (χ4v) is 5.77. The molecule has 0 radical (unpaired) electrons. The average Bonchev–Trinajstić information content (AvgIpc) is 3.21. The Kier molecular flexibility index (Phi) is 6.35. The van der Waals surface area contributed by atoms with E-state index in [0.717, 1.165) is 53.8 Å². The van der Waals surface area contributed by atoms with Crippen molar-refractivity contribution in [3.63, 3.8) is 0 Å². The fourth-order valence-electron chi connectivity index (χ4n) is 5.60. The molecule has 1 saturated carbocycles. The van der Waals surface area contributed by atoms with Crippen LogP contribution < -0.4 is 4.90 Å². The fraction of sp³-hybridized carbons (Fsp3) is 0.480. The summed E-state index contributed by atoms with van der Waals surface area (Å²) in [7, 11) is 1.39. The van der Waals surface area contributed by atoms with Gasteiger partial charge in [0.15, 0.2) is 0 Å². The lowest BCUT2D eigenvalue weighted by molar-refractivity contribution is -0.143. The van der Waals surface area contributed by atoms with Crippen molar-refractivity contribution in [1.29, 1.82) is 0 Å². The number of aliphatic carboxylic acids is 1. The molecule has 10 heteroatoms. The first-order valence-electron chi connectivity index (χ1n) is 12.0. The van der Waals surface area contributed by atoms with Crippen LogP contribution in [0.4, 0.5) is 10.5 Å². The number of hydrogen-bond acceptors (Lipinski definition) is 6. The number of rotatable bonds is 4. The van der Waals surface area contributed by atoms with Crippen LogP contribution in [0.5, 0.6) is 0 Å². The second-order valence-electron chi connectivity index (χ2n) is 9.42. The smallest absolute Gasteiger partial charge is 0.414 e. The third-order valence-electron chi connectivity index (χ3n) is 7.25. The topological polar surface area (TPSA) is 110 Å². The predicted molar refractivity (Wildman–Crippen MR) is 131 cm³/mol. The Morgan fingerprint density at radius 3 is 2.77 bits per heavy atom. The first kappa shape index (κ1) is 23.5. The van der Waals surface area contributed by atoms with E-state index in [-0.39, 0.29) is 24.1 Å². The van der Waals surface area contributed by atoms with Crippen LogP contribution in [0.1, 0.15) is 62.2 Å². The molecule has 0 saturated heterocycles. The highest BCUT2D eigenvalue weighted by Crippen LogP contribution is 2.40. The summed E-state index contributed by atoms with van der Waals surface area (Å²) in [6, 6.07) is 3.98. The number of anilines is 1. The van der Waals surface area contributed by atoms with E-state index >= 15 is 0 Å². The molecule has 35 heavy (non-hydrogen) atoms. The zero-order chi connectivity index (χ0) is 24.7. The highest BCUT2D eigenvalue weighted by molar-refractivity contribution is 6.29. The summed E-state index contributed by atoms with van der Waals surface area (Å²) in [5, 5.41) is 10.00. The molecule has 1 aliphatic heterocycles. The number of aryl methyl sites for hydroxylation is 1.